The Hall–Kier alpha value is -2.77. The lowest BCUT2D eigenvalue weighted by Crippen LogP contribution is -2.49. The second kappa shape index (κ2) is 7.69. The molecule has 6 nitrogen and oxygen atoms in total. The summed E-state index contributed by atoms with van der Waals surface area (Å²) < 4.78 is 15.3. The minimum absolute atomic E-state index is 0.221. The fourth-order valence-corrected chi connectivity index (χ4v) is 3.66. The van der Waals surface area contributed by atoms with Gasteiger partial charge < -0.3 is 10.2 Å². The fourth-order valence-electron chi connectivity index (χ4n) is 3.47. The van der Waals surface area contributed by atoms with Crippen LogP contribution >= 0.6 is 11.6 Å². The lowest BCUT2D eigenvalue weighted by Gasteiger charge is -2.36. The molecule has 1 aliphatic rings. The third-order valence-electron chi connectivity index (χ3n) is 4.89. The maximum absolute atomic E-state index is 13.7. The Kier molecular flexibility index (Phi) is 5.11. The van der Waals surface area contributed by atoms with E-state index in [0.717, 1.165) is 11.3 Å². The van der Waals surface area contributed by atoms with Gasteiger partial charge >= 0.3 is 0 Å². The third-order valence-corrected chi connectivity index (χ3v) is 5.12. The van der Waals surface area contributed by atoms with E-state index < -0.39 is 0 Å². The van der Waals surface area contributed by atoms with E-state index in [9.17, 15) is 9.18 Å². The van der Waals surface area contributed by atoms with Crippen molar-refractivity contribution in [3.05, 3.63) is 76.3 Å². The van der Waals surface area contributed by atoms with Gasteiger partial charge in [-0.05, 0) is 42.8 Å². The van der Waals surface area contributed by atoms with Crippen molar-refractivity contribution in [2.75, 3.05) is 19.6 Å². The van der Waals surface area contributed by atoms with Gasteiger partial charge in [0.2, 0.25) is 0 Å². The molecule has 0 aliphatic carbocycles. The number of carbonyl (C=O) groups is 1. The van der Waals surface area contributed by atoms with Gasteiger partial charge in [0.15, 0.2) is 5.69 Å². The van der Waals surface area contributed by atoms with Crippen molar-refractivity contribution in [3.8, 4) is 5.69 Å². The summed E-state index contributed by atoms with van der Waals surface area (Å²) in [7, 11) is 0. The van der Waals surface area contributed by atoms with E-state index in [1.165, 1.54) is 12.1 Å². The average molecular weight is 400 g/mol. The molecule has 1 aromatic heterocycles. The summed E-state index contributed by atoms with van der Waals surface area (Å²) in [6.45, 7) is 3.52. The molecule has 1 aliphatic heterocycles. The maximum atomic E-state index is 13.7. The molecule has 3 aromatic rings. The van der Waals surface area contributed by atoms with Gasteiger partial charge in [-0.25, -0.2) is 9.07 Å². The Balaban J connectivity index is 1.66. The van der Waals surface area contributed by atoms with Gasteiger partial charge in [-0.3, -0.25) is 4.79 Å². The third kappa shape index (κ3) is 3.50. The number of hydrogen-bond acceptors (Lipinski definition) is 4. The summed E-state index contributed by atoms with van der Waals surface area (Å²) in [5.74, 6) is -0.542. The first-order valence-corrected chi connectivity index (χ1v) is 9.38. The molecular weight excluding hydrogens is 381 g/mol. The minimum Gasteiger partial charge on any atom is -0.328 e. The SMILES string of the molecule is Cc1c(C(=O)N2CCNCC2c2cccc(F)c2)nnn1-c1cccc(Cl)c1. The lowest BCUT2D eigenvalue weighted by molar-refractivity contribution is 0.0627. The zero-order chi connectivity index (χ0) is 19.7. The summed E-state index contributed by atoms with van der Waals surface area (Å²) in [6, 6.07) is 13.3. The molecule has 0 saturated carbocycles. The van der Waals surface area contributed by atoms with Crippen LogP contribution in [0.3, 0.4) is 0 Å². The maximum Gasteiger partial charge on any atom is 0.276 e. The molecule has 8 heteroatoms. The Morgan fingerprint density at radius 1 is 1.25 bits per heavy atom. The quantitative estimate of drug-likeness (QED) is 0.734. The van der Waals surface area contributed by atoms with Crippen LogP contribution in [0.2, 0.25) is 5.02 Å². The van der Waals surface area contributed by atoms with Crippen LogP contribution in [0.5, 0.6) is 0 Å². The van der Waals surface area contributed by atoms with E-state index in [1.807, 2.05) is 18.2 Å². The van der Waals surface area contributed by atoms with Gasteiger partial charge in [0, 0.05) is 24.7 Å². The Bertz CT molecular complexity index is 1020. The summed E-state index contributed by atoms with van der Waals surface area (Å²) in [5.41, 5.74) is 2.39. The number of aromatic nitrogens is 3. The number of hydrogen-bond donors (Lipinski definition) is 1. The van der Waals surface area contributed by atoms with Crippen molar-refractivity contribution in [1.82, 2.24) is 25.2 Å². The molecule has 28 heavy (non-hydrogen) atoms. The molecule has 2 aromatic carbocycles. The zero-order valence-electron chi connectivity index (χ0n) is 15.3. The van der Waals surface area contributed by atoms with E-state index in [4.69, 9.17) is 11.6 Å². The average Bonchev–Trinajstić information content (AvgIpc) is 3.09. The summed E-state index contributed by atoms with van der Waals surface area (Å²) in [5, 5.41) is 12.1. The van der Waals surface area contributed by atoms with E-state index in [0.29, 0.717) is 30.4 Å². The molecule has 144 valence electrons. The predicted molar refractivity (Wildman–Crippen MR) is 104 cm³/mol. The number of amides is 1. The summed E-state index contributed by atoms with van der Waals surface area (Å²) in [4.78, 5) is 15.0. The molecule has 2 heterocycles. The van der Waals surface area contributed by atoms with Crippen LogP contribution in [0, 0.1) is 12.7 Å². The van der Waals surface area contributed by atoms with E-state index in [1.54, 1.807) is 34.7 Å². The fraction of sp³-hybridized carbons (Fsp3) is 0.250. The summed E-state index contributed by atoms with van der Waals surface area (Å²) >= 11 is 6.06. The minimum atomic E-state index is -0.321. The van der Waals surface area contributed by atoms with E-state index in [-0.39, 0.29) is 23.5 Å². The van der Waals surface area contributed by atoms with Gasteiger partial charge in [0.05, 0.1) is 17.4 Å². The van der Waals surface area contributed by atoms with Crippen LogP contribution in [-0.2, 0) is 0 Å². The Morgan fingerprint density at radius 3 is 2.86 bits per heavy atom. The van der Waals surface area contributed by atoms with E-state index in [2.05, 4.69) is 15.6 Å². The normalized spacial score (nSPS) is 17.0. The lowest BCUT2D eigenvalue weighted by atomic mass is 10.0. The molecule has 1 N–H and O–H groups in total. The number of piperazine rings is 1. The van der Waals surface area contributed by atoms with Gasteiger partial charge in [0.25, 0.3) is 5.91 Å². The molecule has 1 fully saturated rings. The second-order valence-corrected chi connectivity index (χ2v) is 7.13. The molecular formula is C20H19ClFN5O. The molecule has 0 spiro atoms. The van der Waals surface area contributed by atoms with Crippen molar-refractivity contribution in [1.29, 1.82) is 0 Å². The van der Waals surface area contributed by atoms with Crippen molar-refractivity contribution in [2.24, 2.45) is 0 Å². The number of carbonyl (C=O) groups excluding carboxylic acids is 1. The molecule has 1 amide bonds. The van der Waals surface area contributed by atoms with Crippen LogP contribution in [0.25, 0.3) is 5.69 Å². The van der Waals surface area contributed by atoms with Crippen molar-refractivity contribution in [2.45, 2.75) is 13.0 Å². The van der Waals surface area contributed by atoms with Crippen molar-refractivity contribution in [3.63, 3.8) is 0 Å². The first-order valence-electron chi connectivity index (χ1n) is 9.00. The monoisotopic (exact) mass is 399 g/mol. The van der Waals surface area contributed by atoms with Crippen LogP contribution in [0.4, 0.5) is 4.39 Å². The Morgan fingerprint density at radius 2 is 2.07 bits per heavy atom. The van der Waals surface area contributed by atoms with E-state index >= 15 is 0 Å². The number of rotatable bonds is 3. The highest BCUT2D eigenvalue weighted by Gasteiger charge is 2.31. The predicted octanol–water partition coefficient (Wildman–Crippen LogP) is 3.15. The molecule has 0 bridgehead atoms. The highest BCUT2D eigenvalue weighted by molar-refractivity contribution is 6.30. The largest absolute Gasteiger partial charge is 0.328 e. The summed E-state index contributed by atoms with van der Waals surface area (Å²) in [6.07, 6.45) is 0. The van der Waals surface area contributed by atoms with Gasteiger partial charge in [-0.2, -0.15) is 0 Å². The highest BCUT2D eigenvalue weighted by Crippen LogP contribution is 2.26. The number of nitrogens with zero attached hydrogens (tertiary/aromatic N) is 4. The van der Waals surface area contributed by atoms with Crippen LogP contribution in [0.15, 0.2) is 48.5 Å². The topological polar surface area (TPSA) is 63.1 Å². The smallest absolute Gasteiger partial charge is 0.276 e. The highest BCUT2D eigenvalue weighted by atomic mass is 35.5. The second-order valence-electron chi connectivity index (χ2n) is 6.69. The van der Waals surface area contributed by atoms with Crippen molar-refractivity contribution >= 4 is 17.5 Å². The molecule has 1 unspecified atom stereocenters. The van der Waals surface area contributed by atoms with Crippen LogP contribution in [0.1, 0.15) is 27.8 Å². The molecule has 1 saturated heterocycles. The van der Waals surface area contributed by atoms with Crippen molar-refractivity contribution < 1.29 is 9.18 Å². The zero-order valence-corrected chi connectivity index (χ0v) is 16.0. The first-order chi connectivity index (χ1) is 13.5. The Labute approximate surface area is 166 Å². The molecule has 1 atom stereocenters. The van der Waals surface area contributed by atoms with Gasteiger partial charge in [-0.1, -0.05) is 35.0 Å². The number of nitrogens with one attached hydrogen (secondary N) is 1. The molecule has 4 rings (SSSR count). The van der Waals surface area contributed by atoms with Crippen LogP contribution in [-0.4, -0.2) is 45.4 Å². The van der Waals surface area contributed by atoms with Gasteiger partial charge in [0.1, 0.15) is 5.82 Å². The number of benzene rings is 2. The standard InChI is InChI=1S/C20H19ClFN5O/c1-13-19(24-25-27(13)17-7-3-5-15(21)11-17)20(28)26-9-8-23-12-18(26)14-4-2-6-16(22)10-14/h2-7,10-11,18,23H,8-9,12H2,1H3. The number of halogens is 2. The first kappa shape index (κ1) is 18.6. The molecule has 0 radical (unpaired) electrons. The van der Waals surface area contributed by atoms with Crippen LogP contribution < -0.4 is 5.32 Å². The van der Waals surface area contributed by atoms with Gasteiger partial charge in [-0.15, -0.1) is 5.10 Å².